The fourth-order valence-corrected chi connectivity index (χ4v) is 0.855. The lowest BCUT2D eigenvalue weighted by Crippen LogP contribution is -2.12. The molecule has 1 rings (SSSR count). The number of hydrogen-bond donors (Lipinski definition) is 2. The van der Waals surface area contributed by atoms with E-state index in [1.54, 1.807) is 24.7 Å². The summed E-state index contributed by atoms with van der Waals surface area (Å²) in [5, 5.41) is 12.2. The van der Waals surface area contributed by atoms with Crippen LogP contribution < -0.4 is 5.43 Å². The first kappa shape index (κ1) is 11.1. The molecule has 0 radical (unpaired) electrons. The molecule has 0 aliphatic carbocycles. The average molecular weight is 208 g/mol. The summed E-state index contributed by atoms with van der Waals surface area (Å²) in [5.74, 6) is -0.162. The summed E-state index contributed by atoms with van der Waals surface area (Å²) in [4.78, 5) is 18.1. The maximum Gasteiger partial charge on any atom is 0.305 e. The monoisotopic (exact) mass is 208 g/mol. The standard InChI is InChI=1S/C9H12N4O2/c14-9(15)3-7-13-12-6-2-8-10-4-1-5-11-8/h1,4-6,13H,2-3,7H2,(H,14,15). The van der Waals surface area contributed by atoms with Crippen LogP contribution in [0.2, 0.25) is 0 Å². The Morgan fingerprint density at radius 2 is 2.27 bits per heavy atom. The van der Waals surface area contributed by atoms with Crippen LogP contribution in [0.15, 0.2) is 23.6 Å². The topological polar surface area (TPSA) is 87.5 Å². The van der Waals surface area contributed by atoms with Crippen molar-refractivity contribution < 1.29 is 9.90 Å². The Hall–Kier alpha value is -1.98. The molecule has 0 aromatic carbocycles. The zero-order valence-electron chi connectivity index (χ0n) is 8.13. The van der Waals surface area contributed by atoms with E-state index in [9.17, 15) is 4.79 Å². The smallest absolute Gasteiger partial charge is 0.305 e. The van der Waals surface area contributed by atoms with Gasteiger partial charge in [0.1, 0.15) is 5.82 Å². The molecule has 6 heteroatoms. The molecule has 15 heavy (non-hydrogen) atoms. The van der Waals surface area contributed by atoms with Crippen molar-refractivity contribution in [3.05, 3.63) is 24.3 Å². The van der Waals surface area contributed by atoms with Gasteiger partial charge in [-0.1, -0.05) is 0 Å². The van der Waals surface area contributed by atoms with Crippen molar-refractivity contribution in [2.24, 2.45) is 5.10 Å². The quantitative estimate of drug-likeness (QED) is 0.392. The molecular formula is C9H12N4O2. The van der Waals surface area contributed by atoms with E-state index in [2.05, 4.69) is 20.5 Å². The number of carboxylic acid groups (broad SMARTS) is 1. The lowest BCUT2D eigenvalue weighted by Gasteiger charge is -1.95. The van der Waals surface area contributed by atoms with Gasteiger partial charge in [0.05, 0.1) is 6.42 Å². The van der Waals surface area contributed by atoms with Gasteiger partial charge in [0.25, 0.3) is 0 Å². The van der Waals surface area contributed by atoms with E-state index in [0.717, 1.165) is 0 Å². The SMILES string of the molecule is O=C(O)CCNN=CCc1ncccn1. The summed E-state index contributed by atoms with van der Waals surface area (Å²) in [6, 6.07) is 1.74. The molecule has 1 aromatic rings. The van der Waals surface area contributed by atoms with Gasteiger partial charge in [-0.25, -0.2) is 9.97 Å². The molecule has 2 N–H and O–H groups in total. The van der Waals surface area contributed by atoms with Gasteiger partial charge in [-0.2, -0.15) is 5.10 Å². The third kappa shape index (κ3) is 5.35. The molecule has 0 aliphatic rings. The molecule has 6 nitrogen and oxygen atoms in total. The minimum atomic E-state index is -0.843. The fraction of sp³-hybridized carbons (Fsp3) is 0.333. The number of aliphatic carboxylic acids is 1. The predicted octanol–water partition coefficient (Wildman–Crippen LogP) is 0.0692. The molecule has 1 aromatic heterocycles. The first-order chi connectivity index (χ1) is 7.29. The van der Waals surface area contributed by atoms with E-state index in [-0.39, 0.29) is 6.42 Å². The second-order valence-electron chi connectivity index (χ2n) is 2.73. The van der Waals surface area contributed by atoms with Gasteiger partial charge in [0.2, 0.25) is 0 Å². The Morgan fingerprint density at radius 3 is 2.93 bits per heavy atom. The average Bonchev–Trinajstić information content (AvgIpc) is 2.24. The van der Waals surface area contributed by atoms with Gasteiger partial charge >= 0.3 is 5.97 Å². The first-order valence-corrected chi connectivity index (χ1v) is 4.51. The van der Waals surface area contributed by atoms with E-state index in [4.69, 9.17) is 5.11 Å². The summed E-state index contributed by atoms with van der Waals surface area (Å²) in [7, 11) is 0. The molecule has 0 spiro atoms. The van der Waals surface area contributed by atoms with Crippen molar-refractivity contribution in [1.29, 1.82) is 0 Å². The van der Waals surface area contributed by atoms with Crippen molar-refractivity contribution in [3.63, 3.8) is 0 Å². The highest BCUT2D eigenvalue weighted by atomic mass is 16.4. The summed E-state index contributed by atoms with van der Waals surface area (Å²) in [5.41, 5.74) is 2.62. The van der Waals surface area contributed by atoms with Crippen LogP contribution in [0.5, 0.6) is 0 Å². The molecule has 0 saturated carbocycles. The lowest BCUT2D eigenvalue weighted by molar-refractivity contribution is -0.136. The van der Waals surface area contributed by atoms with Crippen LogP contribution in [-0.2, 0) is 11.2 Å². The molecule has 1 heterocycles. The largest absolute Gasteiger partial charge is 0.481 e. The molecule has 0 atom stereocenters. The van der Waals surface area contributed by atoms with E-state index in [1.165, 1.54) is 0 Å². The normalized spacial score (nSPS) is 10.4. The zero-order chi connectivity index (χ0) is 10.9. The van der Waals surface area contributed by atoms with E-state index in [1.807, 2.05) is 0 Å². The van der Waals surface area contributed by atoms with E-state index >= 15 is 0 Å². The van der Waals surface area contributed by atoms with Crippen LogP contribution in [0.4, 0.5) is 0 Å². The molecule has 0 aliphatic heterocycles. The molecular weight excluding hydrogens is 196 g/mol. The second-order valence-corrected chi connectivity index (χ2v) is 2.73. The van der Waals surface area contributed by atoms with E-state index in [0.29, 0.717) is 18.8 Å². The lowest BCUT2D eigenvalue weighted by atomic mass is 10.4. The number of carbonyl (C=O) groups is 1. The fourth-order valence-electron chi connectivity index (χ4n) is 0.855. The van der Waals surface area contributed by atoms with Crippen molar-refractivity contribution in [2.75, 3.05) is 6.54 Å². The van der Waals surface area contributed by atoms with Gasteiger partial charge in [-0.05, 0) is 6.07 Å². The Kier molecular flexibility index (Phi) is 4.79. The van der Waals surface area contributed by atoms with Gasteiger partial charge in [0, 0.05) is 31.6 Å². The maximum absolute atomic E-state index is 10.1. The summed E-state index contributed by atoms with van der Waals surface area (Å²) in [6.45, 7) is 0.321. The predicted molar refractivity (Wildman–Crippen MR) is 54.5 cm³/mol. The van der Waals surface area contributed by atoms with Gasteiger partial charge in [-0.15, -0.1) is 0 Å². The second kappa shape index (κ2) is 6.47. The van der Waals surface area contributed by atoms with Crippen LogP contribution >= 0.6 is 0 Å². The Balaban J connectivity index is 2.15. The molecule has 0 saturated heterocycles. The molecule has 0 bridgehead atoms. The maximum atomic E-state index is 10.1. The van der Waals surface area contributed by atoms with Crippen LogP contribution in [0.1, 0.15) is 12.2 Å². The molecule has 80 valence electrons. The third-order valence-corrected chi connectivity index (χ3v) is 1.53. The number of nitrogens with zero attached hydrogens (tertiary/aromatic N) is 3. The van der Waals surface area contributed by atoms with Gasteiger partial charge in [-0.3, -0.25) is 4.79 Å². The zero-order valence-corrected chi connectivity index (χ0v) is 8.13. The Labute approximate surface area is 87.1 Å². The van der Waals surface area contributed by atoms with Crippen LogP contribution in [0.25, 0.3) is 0 Å². The van der Waals surface area contributed by atoms with Crippen LogP contribution in [0.3, 0.4) is 0 Å². The number of rotatable bonds is 6. The first-order valence-electron chi connectivity index (χ1n) is 4.51. The highest BCUT2D eigenvalue weighted by Gasteiger charge is 1.93. The van der Waals surface area contributed by atoms with Crippen molar-refractivity contribution in [1.82, 2.24) is 15.4 Å². The number of nitrogens with one attached hydrogen (secondary N) is 1. The number of carboxylic acids is 1. The van der Waals surface area contributed by atoms with Crippen molar-refractivity contribution in [2.45, 2.75) is 12.8 Å². The third-order valence-electron chi connectivity index (χ3n) is 1.53. The summed E-state index contributed by atoms with van der Waals surface area (Å²) in [6.07, 6.45) is 5.51. The van der Waals surface area contributed by atoms with Gasteiger partial charge in [0.15, 0.2) is 0 Å². The number of aromatic nitrogens is 2. The molecule has 0 fully saturated rings. The molecule has 0 unspecified atom stereocenters. The minimum Gasteiger partial charge on any atom is -0.481 e. The molecule has 0 amide bonds. The Bertz CT molecular complexity index is 326. The number of hydrogen-bond acceptors (Lipinski definition) is 5. The van der Waals surface area contributed by atoms with Crippen molar-refractivity contribution in [3.8, 4) is 0 Å². The highest BCUT2D eigenvalue weighted by molar-refractivity contribution is 5.66. The highest BCUT2D eigenvalue weighted by Crippen LogP contribution is 1.85. The van der Waals surface area contributed by atoms with Crippen LogP contribution in [0, 0.1) is 0 Å². The minimum absolute atomic E-state index is 0.0547. The summed E-state index contributed by atoms with van der Waals surface area (Å²) >= 11 is 0. The Morgan fingerprint density at radius 1 is 1.53 bits per heavy atom. The summed E-state index contributed by atoms with van der Waals surface area (Å²) < 4.78 is 0. The van der Waals surface area contributed by atoms with E-state index < -0.39 is 5.97 Å². The van der Waals surface area contributed by atoms with Crippen LogP contribution in [-0.4, -0.2) is 33.8 Å². The number of hydrazone groups is 1. The van der Waals surface area contributed by atoms with Gasteiger partial charge < -0.3 is 10.5 Å². The van der Waals surface area contributed by atoms with Crippen molar-refractivity contribution >= 4 is 12.2 Å².